The highest BCUT2D eigenvalue weighted by molar-refractivity contribution is 5.94. The van der Waals surface area contributed by atoms with Crippen molar-refractivity contribution in [1.82, 2.24) is 15.2 Å². The summed E-state index contributed by atoms with van der Waals surface area (Å²) >= 11 is 0. The molecule has 0 saturated carbocycles. The van der Waals surface area contributed by atoms with Crippen LogP contribution < -0.4 is 16.8 Å². The summed E-state index contributed by atoms with van der Waals surface area (Å²) < 4.78 is 0. The Morgan fingerprint density at radius 1 is 1.27 bits per heavy atom. The number of para-hydroxylation sites is 1. The summed E-state index contributed by atoms with van der Waals surface area (Å²) in [6.07, 6.45) is 2.46. The Kier molecular flexibility index (Phi) is 6.36. The lowest BCUT2D eigenvalue weighted by Gasteiger charge is -2.27. The lowest BCUT2D eigenvalue weighted by atomic mass is 10.0. The van der Waals surface area contributed by atoms with Gasteiger partial charge in [0.15, 0.2) is 0 Å². The number of carbonyl (C=O) groups excluding carboxylic acids is 3. The molecule has 10 nitrogen and oxygen atoms in total. The van der Waals surface area contributed by atoms with Crippen LogP contribution in [0.15, 0.2) is 30.5 Å². The number of hydrogen-bond acceptors (Lipinski definition) is 5. The second-order valence-corrected chi connectivity index (χ2v) is 7.43. The molecule has 160 valence electrons. The first-order valence-corrected chi connectivity index (χ1v) is 9.70. The van der Waals surface area contributed by atoms with Gasteiger partial charge in [0.25, 0.3) is 0 Å². The van der Waals surface area contributed by atoms with Gasteiger partial charge in [-0.05, 0) is 24.5 Å². The minimum Gasteiger partial charge on any atom is -0.480 e. The predicted molar refractivity (Wildman–Crippen MR) is 108 cm³/mol. The van der Waals surface area contributed by atoms with Crippen LogP contribution in [-0.4, -0.2) is 63.4 Å². The van der Waals surface area contributed by atoms with Crippen LogP contribution >= 0.6 is 0 Å². The van der Waals surface area contributed by atoms with Crippen LogP contribution in [0.5, 0.6) is 0 Å². The van der Waals surface area contributed by atoms with Crippen LogP contribution in [0.1, 0.15) is 24.8 Å². The third kappa shape index (κ3) is 4.60. The zero-order valence-corrected chi connectivity index (χ0v) is 16.3. The average Bonchev–Trinajstić information content (AvgIpc) is 3.33. The summed E-state index contributed by atoms with van der Waals surface area (Å²) in [6.45, 7) is 0.309. The second kappa shape index (κ2) is 8.95. The van der Waals surface area contributed by atoms with E-state index in [2.05, 4.69) is 10.3 Å². The quantitative estimate of drug-likeness (QED) is 0.388. The van der Waals surface area contributed by atoms with Crippen molar-refractivity contribution in [2.75, 3.05) is 6.54 Å². The van der Waals surface area contributed by atoms with Crippen molar-refractivity contribution in [3.05, 3.63) is 36.0 Å². The number of aromatic amines is 1. The fraction of sp³-hybridized carbons (Fsp3) is 0.400. The first-order valence-electron chi connectivity index (χ1n) is 9.70. The van der Waals surface area contributed by atoms with Gasteiger partial charge in [-0.1, -0.05) is 18.2 Å². The second-order valence-electron chi connectivity index (χ2n) is 7.43. The molecule has 0 radical (unpaired) electrons. The molecule has 3 atom stereocenters. The van der Waals surface area contributed by atoms with E-state index in [-0.39, 0.29) is 12.8 Å². The number of aromatic nitrogens is 1. The van der Waals surface area contributed by atoms with Gasteiger partial charge in [-0.2, -0.15) is 0 Å². The number of carbonyl (C=O) groups is 4. The molecule has 1 aromatic carbocycles. The lowest BCUT2D eigenvalue weighted by Crippen LogP contribution is -2.54. The maximum atomic E-state index is 12.8. The van der Waals surface area contributed by atoms with Gasteiger partial charge in [0.05, 0.1) is 12.5 Å². The van der Waals surface area contributed by atoms with Crippen molar-refractivity contribution >= 4 is 34.6 Å². The highest BCUT2D eigenvalue weighted by Crippen LogP contribution is 2.21. The zero-order chi connectivity index (χ0) is 21.8. The Hall–Kier alpha value is -3.40. The van der Waals surface area contributed by atoms with E-state index in [1.54, 1.807) is 6.20 Å². The van der Waals surface area contributed by atoms with Crippen LogP contribution in [0.25, 0.3) is 10.9 Å². The third-order valence-electron chi connectivity index (χ3n) is 5.29. The van der Waals surface area contributed by atoms with Gasteiger partial charge < -0.3 is 31.8 Å². The molecule has 2 heterocycles. The molecule has 7 N–H and O–H groups in total. The van der Waals surface area contributed by atoms with Gasteiger partial charge in [-0.3, -0.25) is 14.4 Å². The van der Waals surface area contributed by atoms with Crippen molar-refractivity contribution in [2.24, 2.45) is 11.5 Å². The lowest BCUT2D eigenvalue weighted by molar-refractivity contribution is -0.144. The molecule has 3 rings (SSSR count). The number of carboxylic acids is 1. The van der Waals surface area contributed by atoms with E-state index in [0.717, 1.165) is 16.5 Å². The van der Waals surface area contributed by atoms with Gasteiger partial charge >= 0.3 is 5.97 Å². The molecule has 3 unspecified atom stereocenters. The molecular weight excluding hydrogens is 390 g/mol. The largest absolute Gasteiger partial charge is 0.480 e. The summed E-state index contributed by atoms with van der Waals surface area (Å²) in [5.41, 5.74) is 12.5. The molecule has 1 aliphatic heterocycles. The highest BCUT2D eigenvalue weighted by Gasteiger charge is 2.37. The van der Waals surface area contributed by atoms with Crippen LogP contribution in [0.2, 0.25) is 0 Å². The van der Waals surface area contributed by atoms with E-state index < -0.39 is 41.8 Å². The molecular formula is C20H25N5O5. The molecule has 30 heavy (non-hydrogen) atoms. The minimum atomic E-state index is -1.17. The van der Waals surface area contributed by atoms with Gasteiger partial charge in [0.2, 0.25) is 17.7 Å². The molecule has 10 heteroatoms. The topological polar surface area (TPSA) is 172 Å². The number of H-pyrrole nitrogens is 1. The van der Waals surface area contributed by atoms with Crippen LogP contribution in [0.3, 0.4) is 0 Å². The van der Waals surface area contributed by atoms with Gasteiger partial charge in [0, 0.05) is 30.1 Å². The number of rotatable bonds is 8. The summed E-state index contributed by atoms with van der Waals surface area (Å²) in [5, 5.41) is 13.1. The number of benzene rings is 1. The first kappa shape index (κ1) is 21.3. The number of hydrogen-bond donors (Lipinski definition) is 5. The molecule has 1 saturated heterocycles. The highest BCUT2D eigenvalue weighted by atomic mass is 16.4. The molecule has 1 fully saturated rings. The number of nitrogens with two attached hydrogens (primary N) is 2. The van der Waals surface area contributed by atoms with Crippen molar-refractivity contribution in [2.45, 2.75) is 43.8 Å². The summed E-state index contributed by atoms with van der Waals surface area (Å²) in [7, 11) is 0. The number of amides is 3. The number of nitrogens with zero attached hydrogens (tertiary/aromatic N) is 1. The molecule has 1 aromatic heterocycles. The van der Waals surface area contributed by atoms with Gasteiger partial charge in [0.1, 0.15) is 12.1 Å². The zero-order valence-electron chi connectivity index (χ0n) is 16.3. The summed E-state index contributed by atoms with van der Waals surface area (Å²) in [4.78, 5) is 52.5. The molecule has 1 aliphatic rings. The van der Waals surface area contributed by atoms with Crippen LogP contribution in [0.4, 0.5) is 0 Å². The normalized spacial score (nSPS) is 18.2. The molecule has 2 aromatic rings. The maximum absolute atomic E-state index is 12.8. The smallest absolute Gasteiger partial charge is 0.326 e. The Morgan fingerprint density at radius 2 is 2.00 bits per heavy atom. The Balaban J connectivity index is 1.70. The summed E-state index contributed by atoms with van der Waals surface area (Å²) in [6, 6.07) is 4.36. The molecule has 0 aliphatic carbocycles. The van der Waals surface area contributed by atoms with E-state index in [9.17, 15) is 24.3 Å². The number of nitrogens with one attached hydrogen (secondary N) is 2. The minimum absolute atomic E-state index is 0.0902. The maximum Gasteiger partial charge on any atom is 0.326 e. The molecule has 0 bridgehead atoms. The van der Waals surface area contributed by atoms with E-state index in [4.69, 9.17) is 11.5 Å². The van der Waals surface area contributed by atoms with Crippen molar-refractivity contribution in [1.29, 1.82) is 0 Å². The van der Waals surface area contributed by atoms with Crippen molar-refractivity contribution < 1.29 is 24.3 Å². The first-order chi connectivity index (χ1) is 14.3. The third-order valence-corrected chi connectivity index (χ3v) is 5.29. The molecule has 0 spiro atoms. The fourth-order valence-electron chi connectivity index (χ4n) is 3.81. The predicted octanol–water partition coefficient (Wildman–Crippen LogP) is -0.526. The van der Waals surface area contributed by atoms with E-state index >= 15 is 0 Å². The number of likely N-dealkylation sites (tertiary alicyclic amines) is 1. The van der Waals surface area contributed by atoms with Gasteiger partial charge in [-0.15, -0.1) is 0 Å². The fourth-order valence-corrected chi connectivity index (χ4v) is 3.81. The van der Waals surface area contributed by atoms with E-state index in [1.807, 2.05) is 24.3 Å². The molecule has 3 amide bonds. The standard InChI is InChI=1S/C20H25N5O5/c21-13(9-17(22)26)19(28)25-7-3-6-16(25)18(27)24-15(20(29)30)8-11-10-23-14-5-2-1-4-12(11)14/h1-2,4-5,10,13,15-16,23H,3,6-9,21H2,(H2,22,26)(H,24,27)(H,29,30). The average molecular weight is 415 g/mol. The Bertz CT molecular complexity index is 971. The summed E-state index contributed by atoms with van der Waals surface area (Å²) in [5.74, 6) is -2.98. The Morgan fingerprint density at radius 3 is 2.70 bits per heavy atom. The van der Waals surface area contributed by atoms with Crippen molar-refractivity contribution in [3.8, 4) is 0 Å². The van der Waals surface area contributed by atoms with Gasteiger partial charge in [-0.25, -0.2) is 4.79 Å². The van der Waals surface area contributed by atoms with Crippen LogP contribution in [0, 0.1) is 0 Å². The van der Waals surface area contributed by atoms with E-state index in [1.165, 1.54) is 4.90 Å². The number of fused-ring (bicyclic) bond motifs is 1. The Labute approximate surface area is 172 Å². The van der Waals surface area contributed by atoms with Crippen molar-refractivity contribution in [3.63, 3.8) is 0 Å². The number of aliphatic carboxylic acids is 1. The SMILES string of the molecule is NC(=O)CC(N)C(=O)N1CCCC1C(=O)NC(Cc1c[nH]c2ccccc12)C(=O)O. The van der Waals surface area contributed by atoms with E-state index in [0.29, 0.717) is 19.4 Å². The number of carboxylic acid groups (broad SMARTS) is 1. The monoisotopic (exact) mass is 415 g/mol. The van der Waals surface area contributed by atoms with Crippen LogP contribution in [-0.2, 0) is 25.6 Å². The number of primary amides is 1.